The van der Waals surface area contributed by atoms with Gasteiger partial charge in [-0.3, -0.25) is 0 Å². The fourth-order valence-electron chi connectivity index (χ4n) is 2.99. The van der Waals surface area contributed by atoms with Crippen molar-refractivity contribution < 1.29 is 4.39 Å². The summed E-state index contributed by atoms with van der Waals surface area (Å²) < 4.78 is 15.1. The summed E-state index contributed by atoms with van der Waals surface area (Å²) in [5.74, 6) is -0.259. The van der Waals surface area contributed by atoms with Gasteiger partial charge in [0.05, 0.1) is 11.4 Å². The average molecular weight is 352 g/mol. The monoisotopic (exact) mass is 351 g/mol. The normalized spacial score (nSPS) is 11.2. The van der Waals surface area contributed by atoms with Gasteiger partial charge in [-0.25, -0.2) is 13.9 Å². The molecule has 4 rings (SSSR count). The molecule has 25 heavy (non-hydrogen) atoms. The minimum atomic E-state index is -0.259. The van der Waals surface area contributed by atoms with Gasteiger partial charge in [0.25, 0.3) is 0 Å². The first-order valence-electron chi connectivity index (χ1n) is 8.06. The first kappa shape index (κ1) is 15.8. The molecule has 0 saturated heterocycles. The van der Waals surface area contributed by atoms with Crippen molar-refractivity contribution >= 4 is 17.2 Å². The van der Waals surface area contributed by atoms with Crippen molar-refractivity contribution in [3.8, 4) is 22.4 Å². The fourth-order valence-corrected chi connectivity index (χ4v) is 3.11. The van der Waals surface area contributed by atoms with Gasteiger partial charge in [0.2, 0.25) is 0 Å². The third kappa shape index (κ3) is 2.79. The van der Waals surface area contributed by atoms with Crippen molar-refractivity contribution in [2.75, 3.05) is 0 Å². The molecule has 4 aromatic rings. The predicted octanol–water partition coefficient (Wildman–Crippen LogP) is 5.42. The molecule has 0 fully saturated rings. The molecule has 0 bridgehead atoms. The first-order chi connectivity index (χ1) is 12.2. The zero-order valence-corrected chi connectivity index (χ0v) is 14.3. The van der Waals surface area contributed by atoms with Gasteiger partial charge in [-0.1, -0.05) is 30.7 Å². The van der Waals surface area contributed by atoms with E-state index < -0.39 is 0 Å². The Hall–Kier alpha value is -2.72. The van der Waals surface area contributed by atoms with Crippen LogP contribution in [0.5, 0.6) is 0 Å². The molecule has 0 aliphatic rings. The van der Waals surface area contributed by atoms with Gasteiger partial charge in [-0.05, 0) is 54.4 Å². The van der Waals surface area contributed by atoms with Crippen LogP contribution in [-0.2, 0) is 6.42 Å². The van der Waals surface area contributed by atoms with Gasteiger partial charge in [0, 0.05) is 22.3 Å². The summed E-state index contributed by atoms with van der Waals surface area (Å²) in [6.07, 6.45) is 2.54. The van der Waals surface area contributed by atoms with E-state index in [4.69, 9.17) is 16.7 Å². The molecule has 2 aromatic carbocycles. The number of benzene rings is 2. The lowest BCUT2D eigenvalue weighted by Gasteiger charge is -2.05. The summed E-state index contributed by atoms with van der Waals surface area (Å²) in [5.41, 5.74) is 5.54. The molecule has 0 unspecified atom stereocenters. The number of fused-ring (bicyclic) bond motifs is 1. The second kappa shape index (κ2) is 6.30. The summed E-state index contributed by atoms with van der Waals surface area (Å²) in [6.45, 7) is 2.07. The maximum absolute atomic E-state index is 13.2. The molecule has 0 atom stereocenters. The zero-order chi connectivity index (χ0) is 17.4. The lowest BCUT2D eigenvalue weighted by Crippen LogP contribution is -1.96. The Balaban J connectivity index is 1.97. The number of halogens is 2. The summed E-state index contributed by atoms with van der Waals surface area (Å²) in [7, 11) is 0. The molecule has 124 valence electrons. The molecular formula is C20H15ClFN3. The highest BCUT2D eigenvalue weighted by molar-refractivity contribution is 6.30. The summed E-state index contributed by atoms with van der Waals surface area (Å²) in [4.78, 5) is 4.55. The van der Waals surface area contributed by atoms with Gasteiger partial charge in [0.15, 0.2) is 5.65 Å². The lowest BCUT2D eigenvalue weighted by molar-refractivity contribution is 0.628. The van der Waals surface area contributed by atoms with Gasteiger partial charge in [-0.2, -0.15) is 5.10 Å². The van der Waals surface area contributed by atoms with Crippen LogP contribution in [0.2, 0.25) is 5.02 Å². The van der Waals surface area contributed by atoms with Crippen molar-refractivity contribution in [3.63, 3.8) is 0 Å². The second-order valence-electron chi connectivity index (χ2n) is 5.75. The van der Waals surface area contributed by atoms with Crippen LogP contribution in [0.15, 0.2) is 60.8 Å². The number of aryl methyl sites for hydroxylation is 1. The smallest absolute Gasteiger partial charge is 0.163 e. The van der Waals surface area contributed by atoms with Crippen LogP contribution in [0.25, 0.3) is 28.0 Å². The minimum Gasteiger partial charge on any atom is -0.236 e. The summed E-state index contributed by atoms with van der Waals surface area (Å²) >= 11 is 6.02. The molecule has 0 spiro atoms. The molecule has 0 N–H and O–H groups in total. The van der Waals surface area contributed by atoms with Gasteiger partial charge in [0.1, 0.15) is 5.82 Å². The van der Waals surface area contributed by atoms with Crippen molar-refractivity contribution in [3.05, 3.63) is 77.3 Å². The first-order valence-corrected chi connectivity index (χ1v) is 8.43. The van der Waals surface area contributed by atoms with E-state index in [1.807, 2.05) is 34.8 Å². The molecule has 0 aliphatic heterocycles. The van der Waals surface area contributed by atoms with E-state index in [0.717, 1.165) is 40.1 Å². The highest BCUT2D eigenvalue weighted by Gasteiger charge is 2.17. The molecule has 3 nitrogen and oxygen atoms in total. The molecule has 0 saturated carbocycles. The Morgan fingerprint density at radius 3 is 2.32 bits per heavy atom. The Kier molecular flexibility index (Phi) is 3.98. The molecule has 2 heterocycles. The quantitative estimate of drug-likeness (QED) is 0.493. The third-order valence-electron chi connectivity index (χ3n) is 4.20. The van der Waals surface area contributed by atoms with E-state index in [1.54, 1.807) is 18.3 Å². The Bertz CT molecular complexity index is 1040. The maximum atomic E-state index is 13.2. The topological polar surface area (TPSA) is 30.2 Å². The third-order valence-corrected chi connectivity index (χ3v) is 4.45. The van der Waals surface area contributed by atoms with Crippen LogP contribution in [0.4, 0.5) is 4.39 Å². The SMILES string of the molecule is CCc1nn2c(-c3ccc(F)cc3)ccnc2c1-c1ccc(Cl)cc1. The van der Waals surface area contributed by atoms with Crippen LogP contribution in [0.1, 0.15) is 12.6 Å². The minimum absolute atomic E-state index is 0.259. The lowest BCUT2D eigenvalue weighted by atomic mass is 10.0. The summed E-state index contributed by atoms with van der Waals surface area (Å²) in [6, 6.07) is 16.0. The molecule has 0 amide bonds. The maximum Gasteiger partial charge on any atom is 0.163 e. The average Bonchev–Trinajstić information content (AvgIpc) is 3.02. The molecule has 0 aliphatic carbocycles. The molecule has 5 heteroatoms. The van der Waals surface area contributed by atoms with E-state index in [1.165, 1.54) is 12.1 Å². The van der Waals surface area contributed by atoms with E-state index in [0.29, 0.717) is 5.02 Å². The molecule has 2 aromatic heterocycles. The van der Waals surface area contributed by atoms with Crippen LogP contribution < -0.4 is 0 Å². The van der Waals surface area contributed by atoms with Crippen molar-refractivity contribution in [2.45, 2.75) is 13.3 Å². The zero-order valence-electron chi connectivity index (χ0n) is 13.6. The van der Waals surface area contributed by atoms with Crippen molar-refractivity contribution in [1.29, 1.82) is 0 Å². The van der Waals surface area contributed by atoms with Crippen LogP contribution in [-0.4, -0.2) is 14.6 Å². The number of hydrogen-bond acceptors (Lipinski definition) is 2. The Morgan fingerprint density at radius 1 is 0.960 bits per heavy atom. The highest BCUT2D eigenvalue weighted by atomic mass is 35.5. The van der Waals surface area contributed by atoms with E-state index in [2.05, 4.69) is 11.9 Å². The van der Waals surface area contributed by atoms with Crippen LogP contribution in [0, 0.1) is 5.82 Å². The van der Waals surface area contributed by atoms with Crippen LogP contribution >= 0.6 is 11.6 Å². The number of aromatic nitrogens is 3. The van der Waals surface area contributed by atoms with E-state index >= 15 is 0 Å². The van der Waals surface area contributed by atoms with E-state index in [9.17, 15) is 4.39 Å². The van der Waals surface area contributed by atoms with Crippen molar-refractivity contribution in [2.24, 2.45) is 0 Å². The molecule has 0 radical (unpaired) electrons. The predicted molar refractivity (Wildman–Crippen MR) is 98.2 cm³/mol. The second-order valence-corrected chi connectivity index (χ2v) is 6.19. The van der Waals surface area contributed by atoms with Crippen molar-refractivity contribution in [1.82, 2.24) is 14.6 Å². The Labute approximate surface area is 149 Å². The standard InChI is InChI=1S/C20H15ClFN3/c1-2-17-19(14-3-7-15(21)8-4-14)20-23-12-11-18(25(20)24-17)13-5-9-16(22)10-6-13/h3-12H,2H2,1H3. The van der Waals surface area contributed by atoms with Gasteiger partial charge < -0.3 is 0 Å². The number of nitrogens with zero attached hydrogens (tertiary/aromatic N) is 3. The Morgan fingerprint density at radius 2 is 1.64 bits per heavy atom. The number of hydrogen-bond donors (Lipinski definition) is 0. The number of rotatable bonds is 3. The largest absolute Gasteiger partial charge is 0.236 e. The van der Waals surface area contributed by atoms with Gasteiger partial charge in [-0.15, -0.1) is 0 Å². The van der Waals surface area contributed by atoms with Crippen LogP contribution in [0.3, 0.4) is 0 Å². The fraction of sp³-hybridized carbons (Fsp3) is 0.100. The summed E-state index contributed by atoms with van der Waals surface area (Å²) in [5, 5.41) is 5.45. The highest BCUT2D eigenvalue weighted by Crippen LogP contribution is 2.31. The molecular weight excluding hydrogens is 337 g/mol. The van der Waals surface area contributed by atoms with E-state index in [-0.39, 0.29) is 5.82 Å². The van der Waals surface area contributed by atoms with Gasteiger partial charge >= 0.3 is 0 Å².